The number of rotatable bonds is 4. The van der Waals surface area contributed by atoms with E-state index in [1.54, 1.807) is 0 Å². The van der Waals surface area contributed by atoms with Crippen molar-refractivity contribution in [3.05, 3.63) is 16.0 Å². The number of nitrogens with one attached hydrogen (secondary N) is 1. The van der Waals surface area contributed by atoms with Gasteiger partial charge in [-0.05, 0) is 15.9 Å². The van der Waals surface area contributed by atoms with Crippen LogP contribution in [0.15, 0.2) is 10.8 Å². The minimum absolute atomic E-state index is 0.158. The van der Waals surface area contributed by atoms with Gasteiger partial charge in [0.2, 0.25) is 10.0 Å². The second-order valence-corrected chi connectivity index (χ2v) is 5.51. The quantitative estimate of drug-likeness (QED) is 0.793. The Balaban J connectivity index is 2.62. The summed E-state index contributed by atoms with van der Waals surface area (Å²) in [7, 11) is -3.47. The van der Waals surface area contributed by atoms with Crippen LogP contribution >= 0.6 is 27.5 Å². The van der Waals surface area contributed by atoms with E-state index in [2.05, 4.69) is 31.2 Å². The molecule has 15 heavy (non-hydrogen) atoms. The van der Waals surface area contributed by atoms with Crippen LogP contribution in [0.2, 0.25) is 5.15 Å². The van der Waals surface area contributed by atoms with Crippen LogP contribution in [-0.2, 0) is 10.0 Å². The topological polar surface area (TPSA) is 98.0 Å². The minimum Gasteiger partial charge on any atom is -0.368 e. The second-order valence-electron chi connectivity index (χ2n) is 2.62. The van der Waals surface area contributed by atoms with Gasteiger partial charge in [0.1, 0.15) is 17.3 Å². The third-order valence-electron chi connectivity index (χ3n) is 1.43. The van der Waals surface area contributed by atoms with Crippen LogP contribution in [0, 0.1) is 0 Å². The first-order chi connectivity index (χ1) is 6.90. The van der Waals surface area contributed by atoms with Gasteiger partial charge in [-0.25, -0.2) is 23.5 Å². The summed E-state index contributed by atoms with van der Waals surface area (Å²) >= 11 is 8.86. The molecule has 0 saturated heterocycles. The molecule has 1 rings (SSSR count). The Morgan fingerprint density at radius 2 is 2.20 bits per heavy atom. The monoisotopic (exact) mass is 314 g/mol. The molecule has 0 spiro atoms. The van der Waals surface area contributed by atoms with E-state index in [1.807, 2.05) is 0 Å². The Morgan fingerprint density at radius 3 is 2.80 bits per heavy atom. The molecule has 9 heteroatoms. The van der Waals surface area contributed by atoms with E-state index in [1.165, 1.54) is 6.33 Å². The molecule has 0 unspecified atom stereocenters. The fraction of sp³-hybridized carbons (Fsp3) is 0.333. The lowest BCUT2D eigenvalue weighted by Gasteiger charge is -2.06. The lowest BCUT2D eigenvalue weighted by atomic mass is 10.5. The van der Waals surface area contributed by atoms with Crippen molar-refractivity contribution in [2.45, 2.75) is 0 Å². The van der Waals surface area contributed by atoms with Crippen LogP contribution in [-0.4, -0.2) is 30.7 Å². The van der Waals surface area contributed by atoms with Crippen LogP contribution in [0.3, 0.4) is 0 Å². The number of anilines is 1. The molecule has 0 aliphatic carbocycles. The number of halogens is 2. The Hall–Kier alpha value is -0.440. The lowest BCUT2D eigenvalue weighted by Crippen LogP contribution is -2.22. The first-order valence-corrected chi connectivity index (χ1v) is 6.69. The third-order valence-corrected chi connectivity index (χ3v) is 3.47. The highest BCUT2D eigenvalue weighted by Gasteiger charge is 2.07. The molecule has 0 aliphatic heterocycles. The maximum Gasteiger partial charge on any atom is 0.210 e. The SMILES string of the molecule is NS(=O)(=O)CCNc1ncnc(Cl)c1Br. The van der Waals surface area contributed by atoms with Gasteiger partial charge in [0.05, 0.1) is 10.2 Å². The molecule has 0 saturated carbocycles. The highest BCUT2D eigenvalue weighted by Crippen LogP contribution is 2.25. The fourth-order valence-electron chi connectivity index (χ4n) is 0.783. The molecule has 0 aliphatic rings. The average Bonchev–Trinajstić information content (AvgIpc) is 2.10. The van der Waals surface area contributed by atoms with Crippen molar-refractivity contribution in [3.63, 3.8) is 0 Å². The van der Waals surface area contributed by atoms with Crippen LogP contribution in [0.5, 0.6) is 0 Å². The molecule has 0 amide bonds. The fourth-order valence-corrected chi connectivity index (χ4v) is 1.65. The maximum absolute atomic E-state index is 10.6. The molecule has 1 aromatic rings. The summed E-state index contributed by atoms with van der Waals surface area (Å²) in [5, 5.41) is 7.85. The summed E-state index contributed by atoms with van der Waals surface area (Å²) < 4.78 is 21.8. The van der Waals surface area contributed by atoms with E-state index in [4.69, 9.17) is 16.7 Å². The summed E-state index contributed by atoms with van der Waals surface area (Å²) in [6.07, 6.45) is 1.27. The Bertz CT molecular complexity index is 452. The lowest BCUT2D eigenvalue weighted by molar-refractivity contribution is 0.598. The smallest absolute Gasteiger partial charge is 0.210 e. The zero-order chi connectivity index (χ0) is 11.5. The number of sulfonamides is 1. The molecular weight excluding hydrogens is 308 g/mol. The van der Waals surface area contributed by atoms with Gasteiger partial charge >= 0.3 is 0 Å². The Labute approximate surface area is 100 Å². The molecule has 3 N–H and O–H groups in total. The van der Waals surface area contributed by atoms with Crippen LogP contribution < -0.4 is 10.5 Å². The maximum atomic E-state index is 10.6. The van der Waals surface area contributed by atoms with Gasteiger partial charge in [0.25, 0.3) is 0 Å². The first-order valence-electron chi connectivity index (χ1n) is 3.80. The van der Waals surface area contributed by atoms with Gasteiger partial charge in [-0.3, -0.25) is 0 Å². The predicted molar refractivity (Wildman–Crippen MR) is 61.2 cm³/mol. The summed E-state index contributed by atoms with van der Waals surface area (Å²) in [4.78, 5) is 7.59. The van der Waals surface area contributed by atoms with Crippen molar-refractivity contribution in [2.75, 3.05) is 17.6 Å². The zero-order valence-electron chi connectivity index (χ0n) is 7.44. The van der Waals surface area contributed by atoms with Crippen LogP contribution in [0.25, 0.3) is 0 Å². The molecule has 0 bridgehead atoms. The second kappa shape index (κ2) is 5.06. The molecule has 0 radical (unpaired) electrons. The number of hydrogen-bond acceptors (Lipinski definition) is 5. The molecule has 1 heterocycles. The largest absolute Gasteiger partial charge is 0.368 e. The standard InChI is InChI=1S/C6H8BrClN4O2S/c7-4-5(8)11-3-12-6(4)10-1-2-15(9,13)14/h3H,1-2H2,(H2,9,13,14)(H,10,11,12). The number of nitrogens with two attached hydrogens (primary N) is 1. The van der Waals surface area contributed by atoms with Crippen molar-refractivity contribution in [1.29, 1.82) is 0 Å². The van der Waals surface area contributed by atoms with Gasteiger partial charge in [-0.15, -0.1) is 0 Å². The summed E-state index contributed by atoms with van der Waals surface area (Å²) in [6.45, 7) is 0.158. The van der Waals surface area contributed by atoms with E-state index in [0.29, 0.717) is 10.3 Å². The van der Waals surface area contributed by atoms with Crippen molar-refractivity contribution in [1.82, 2.24) is 9.97 Å². The number of aromatic nitrogens is 2. The molecule has 6 nitrogen and oxygen atoms in total. The molecule has 84 valence electrons. The van der Waals surface area contributed by atoms with Gasteiger partial charge in [-0.2, -0.15) is 0 Å². The predicted octanol–water partition coefficient (Wildman–Crippen LogP) is 0.593. The van der Waals surface area contributed by atoms with Crippen molar-refractivity contribution >= 4 is 43.4 Å². The Morgan fingerprint density at radius 1 is 1.53 bits per heavy atom. The van der Waals surface area contributed by atoms with E-state index >= 15 is 0 Å². The van der Waals surface area contributed by atoms with E-state index < -0.39 is 10.0 Å². The molecule has 1 aromatic heterocycles. The Kier molecular flexibility index (Phi) is 4.26. The molecule has 0 atom stereocenters. The van der Waals surface area contributed by atoms with E-state index in [-0.39, 0.29) is 17.5 Å². The normalized spacial score (nSPS) is 11.4. The first kappa shape index (κ1) is 12.6. The number of hydrogen-bond donors (Lipinski definition) is 2. The van der Waals surface area contributed by atoms with Crippen molar-refractivity contribution in [3.8, 4) is 0 Å². The number of primary sulfonamides is 1. The molecule has 0 aromatic carbocycles. The highest BCUT2D eigenvalue weighted by molar-refractivity contribution is 9.10. The summed E-state index contributed by atoms with van der Waals surface area (Å²) in [6, 6.07) is 0. The summed E-state index contributed by atoms with van der Waals surface area (Å²) in [5.41, 5.74) is 0. The summed E-state index contributed by atoms with van der Waals surface area (Å²) in [5.74, 6) is 0.250. The van der Waals surface area contributed by atoms with Gasteiger partial charge < -0.3 is 5.32 Å². The van der Waals surface area contributed by atoms with Crippen LogP contribution in [0.4, 0.5) is 5.82 Å². The van der Waals surface area contributed by atoms with Gasteiger partial charge in [0, 0.05) is 6.54 Å². The van der Waals surface area contributed by atoms with Crippen LogP contribution in [0.1, 0.15) is 0 Å². The third kappa shape index (κ3) is 4.29. The molecular formula is C6H8BrClN4O2S. The van der Waals surface area contributed by atoms with E-state index in [0.717, 1.165) is 0 Å². The molecule has 0 fully saturated rings. The highest BCUT2D eigenvalue weighted by atomic mass is 79.9. The minimum atomic E-state index is -3.47. The van der Waals surface area contributed by atoms with Gasteiger partial charge in [0.15, 0.2) is 0 Å². The average molecular weight is 316 g/mol. The van der Waals surface area contributed by atoms with E-state index in [9.17, 15) is 8.42 Å². The number of nitrogens with zero attached hydrogens (tertiary/aromatic N) is 2. The van der Waals surface area contributed by atoms with Crippen molar-refractivity contribution in [2.24, 2.45) is 5.14 Å². The zero-order valence-corrected chi connectivity index (χ0v) is 10.6. The van der Waals surface area contributed by atoms with Crippen molar-refractivity contribution < 1.29 is 8.42 Å². The van der Waals surface area contributed by atoms with Gasteiger partial charge in [-0.1, -0.05) is 11.6 Å².